The molecule has 0 spiro atoms. The molecule has 0 fully saturated rings. The summed E-state index contributed by atoms with van der Waals surface area (Å²) in [4.78, 5) is 15.1. The molecule has 0 amide bonds. The van der Waals surface area contributed by atoms with E-state index >= 15 is 0 Å². The number of aromatic nitrogens is 1. The molecule has 1 heterocycles. The summed E-state index contributed by atoms with van der Waals surface area (Å²) in [6.07, 6.45) is 9.34. The highest BCUT2D eigenvalue weighted by atomic mass is 16.4. The predicted molar refractivity (Wildman–Crippen MR) is 80.7 cm³/mol. The number of carbonyl (C=O) groups is 1. The molecule has 0 saturated carbocycles. The van der Waals surface area contributed by atoms with Crippen molar-refractivity contribution in [2.24, 2.45) is 0 Å². The van der Waals surface area contributed by atoms with Gasteiger partial charge in [-0.15, -0.1) is 0 Å². The number of nitrogens with one attached hydrogen (secondary N) is 1. The molecule has 0 aliphatic carbocycles. The van der Waals surface area contributed by atoms with Gasteiger partial charge in [-0.05, 0) is 44.4 Å². The van der Waals surface area contributed by atoms with Gasteiger partial charge in [0, 0.05) is 11.9 Å². The van der Waals surface area contributed by atoms with E-state index in [1.165, 1.54) is 25.0 Å². The Morgan fingerprint density at radius 1 is 1.25 bits per heavy atom. The van der Waals surface area contributed by atoms with Gasteiger partial charge in [-0.1, -0.05) is 32.3 Å². The molecule has 112 valence electrons. The second-order valence-corrected chi connectivity index (χ2v) is 5.09. The highest BCUT2D eigenvalue weighted by molar-refractivity contribution is 5.73. The van der Waals surface area contributed by atoms with E-state index in [-0.39, 0.29) is 6.04 Å². The summed E-state index contributed by atoms with van der Waals surface area (Å²) in [5.41, 5.74) is 1.17. The Morgan fingerprint density at radius 3 is 2.65 bits per heavy atom. The SMILES string of the molecule is CCC(NCCCCCCCc1ccccn1)C(=O)O. The summed E-state index contributed by atoms with van der Waals surface area (Å²) < 4.78 is 0. The normalized spacial score (nSPS) is 12.2. The zero-order valence-corrected chi connectivity index (χ0v) is 12.3. The maximum Gasteiger partial charge on any atom is 0.320 e. The van der Waals surface area contributed by atoms with Crippen molar-refractivity contribution < 1.29 is 9.90 Å². The number of hydrogen-bond donors (Lipinski definition) is 2. The van der Waals surface area contributed by atoms with Crippen molar-refractivity contribution in [2.45, 2.75) is 57.9 Å². The number of hydrogen-bond acceptors (Lipinski definition) is 3. The van der Waals surface area contributed by atoms with Crippen LogP contribution >= 0.6 is 0 Å². The number of nitrogens with zero attached hydrogens (tertiary/aromatic N) is 1. The van der Waals surface area contributed by atoms with E-state index in [1.807, 2.05) is 25.3 Å². The average Bonchev–Trinajstić information content (AvgIpc) is 2.46. The number of pyridine rings is 1. The molecular weight excluding hydrogens is 252 g/mol. The fourth-order valence-electron chi connectivity index (χ4n) is 2.19. The number of unbranched alkanes of at least 4 members (excludes halogenated alkanes) is 4. The van der Waals surface area contributed by atoms with E-state index in [1.54, 1.807) is 0 Å². The van der Waals surface area contributed by atoms with Crippen LogP contribution in [0.1, 0.15) is 51.1 Å². The number of rotatable bonds is 11. The van der Waals surface area contributed by atoms with Crippen molar-refractivity contribution in [1.82, 2.24) is 10.3 Å². The highest BCUT2D eigenvalue weighted by Crippen LogP contribution is 2.07. The van der Waals surface area contributed by atoms with Crippen LogP contribution in [0.2, 0.25) is 0 Å². The second kappa shape index (κ2) is 10.4. The minimum absolute atomic E-state index is 0.390. The van der Waals surface area contributed by atoms with Crippen LogP contribution in [0.3, 0.4) is 0 Å². The Morgan fingerprint density at radius 2 is 2.00 bits per heavy atom. The van der Waals surface area contributed by atoms with Crippen LogP contribution in [0.4, 0.5) is 0 Å². The van der Waals surface area contributed by atoms with Gasteiger partial charge in [-0.25, -0.2) is 0 Å². The Bertz CT molecular complexity index is 368. The van der Waals surface area contributed by atoms with Crippen LogP contribution in [0.25, 0.3) is 0 Å². The van der Waals surface area contributed by atoms with E-state index in [9.17, 15) is 4.79 Å². The first-order chi connectivity index (χ1) is 9.74. The standard InChI is InChI=1S/C16H26N2O2/c1-2-15(16(19)20)18-13-8-5-3-4-6-10-14-11-7-9-12-17-14/h7,9,11-12,15,18H,2-6,8,10,13H2,1H3,(H,19,20). The number of carboxylic acid groups (broad SMARTS) is 1. The zero-order chi connectivity index (χ0) is 14.6. The van der Waals surface area contributed by atoms with E-state index in [0.717, 1.165) is 25.8 Å². The molecule has 1 rings (SSSR count). The maximum atomic E-state index is 10.8. The van der Waals surface area contributed by atoms with Crippen LogP contribution in [0, 0.1) is 0 Å². The molecule has 4 heteroatoms. The molecule has 0 bridgehead atoms. The van der Waals surface area contributed by atoms with E-state index in [0.29, 0.717) is 6.42 Å². The third-order valence-electron chi connectivity index (χ3n) is 3.43. The summed E-state index contributed by atoms with van der Waals surface area (Å²) >= 11 is 0. The Labute approximate surface area is 121 Å². The minimum Gasteiger partial charge on any atom is -0.480 e. The molecule has 0 radical (unpaired) electrons. The molecule has 0 aliphatic heterocycles. The first-order valence-electron chi connectivity index (χ1n) is 7.60. The van der Waals surface area contributed by atoms with Crippen LogP contribution in [0.5, 0.6) is 0 Å². The molecule has 1 unspecified atom stereocenters. The van der Waals surface area contributed by atoms with Gasteiger partial charge in [-0.2, -0.15) is 0 Å². The molecule has 1 aromatic heterocycles. The third-order valence-corrected chi connectivity index (χ3v) is 3.43. The lowest BCUT2D eigenvalue weighted by atomic mass is 10.1. The van der Waals surface area contributed by atoms with Crippen LogP contribution in [-0.4, -0.2) is 28.6 Å². The fraction of sp³-hybridized carbons (Fsp3) is 0.625. The first-order valence-corrected chi connectivity index (χ1v) is 7.60. The van der Waals surface area contributed by atoms with Gasteiger partial charge >= 0.3 is 5.97 Å². The van der Waals surface area contributed by atoms with Gasteiger partial charge < -0.3 is 10.4 Å². The number of carboxylic acids is 1. The largest absolute Gasteiger partial charge is 0.480 e. The van der Waals surface area contributed by atoms with Gasteiger partial charge in [0.2, 0.25) is 0 Å². The molecule has 1 aromatic rings. The molecule has 0 aliphatic rings. The monoisotopic (exact) mass is 278 g/mol. The summed E-state index contributed by atoms with van der Waals surface area (Å²) in [5, 5.41) is 12.0. The maximum absolute atomic E-state index is 10.8. The van der Waals surface area contributed by atoms with Crippen molar-refractivity contribution in [2.75, 3.05) is 6.54 Å². The summed E-state index contributed by atoms with van der Waals surface area (Å²) in [6.45, 7) is 2.69. The van der Waals surface area contributed by atoms with Crippen LogP contribution in [-0.2, 0) is 11.2 Å². The number of aryl methyl sites for hydroxylation is 1. The molecule has 0 saturated heterocycles. The lowest BCUT2D eigenvalue weighted by Crippen LogP contribution is -2.36. The topological polar surface area (TPSA) is 62.2 Å². The van der Waals surface area contributed by atoms with Crippen molar-refractivity contribution in [3.63, 3.8) is 0 Å². The minimum atomic E-state index is -0.747. The predicted octanol–water partition coefficient (Wildman–Crippen LogP) is 3.03. The molecule has 0 aromatic carbocycles. The smallest absolute Gasteiger partial charge is 0.320 e. The van der Waals surface area contributed by atoms with E-state index in [4.69, 9.17) is 5.11 Å². The highest BCUT2D eigenvalue weighted by Gasteiger charge is 2.12. The molecule has 20 heavy (non-hydrogen) atoms. The van der Waals surface area contributed by atoms with Crippen molar-refractivity contribution in [3.05, 3.63) is 30.1 Å². The van der Waals surface area contributed by atoms with Gasteiger partial charge in [0.15, 0.2) is 0 Å². The number of aliphatic carboxylic acids is 1. The lowest BCUT2D eigenvalue weighted by molar-refractivity contribution is -0.139. The molecular formula is C16H26N2O2. The third kappa shape index (κ3) is 7.24. The van der Waals surface area contributed by atoms with Crippen LogP contribution in [0.15, 0.2) is 24.4 Å². The Kier molecular flexibility index (Phi) is 8.63. The second-order valence-electron chi connectivity index (χ2n) is 5.09. The fourth-order valence-corrected chi connectivity index (χ4v) is 2.19. The van der Waals surface area contributed by atoms with Crippen molar-refractivity contribution >= 4 is 5.97 Å². The van der Waals surface area contributed by atoms with Crippen molar-refractivity contribution in [1.29, 1.82) is 0 Å². The lowest BCUT2D eigenvalue weighted by Gasteiger charge is -2.11. The van der Waals surface area contributed by atoms with Gasteiger partial charge in [-0.3, -0.25) is 9.78 Å². The molecule has 2 N–H and O–H groups in total. The van der Waals surface area contributed by atoms with E-state index in [2.05, 4.69) is 16.4 Å². The average molecular weight is 278 g/mol. The van der Waals surface area contributed by atoms with Gasteiger partial charge in [0.25, 0.3) is 0 Å². The van der Waals surface area contributed by atoms with E-state index < -0.39 is 5.97 Å². The quantitative estimate of drug-likeness (QED) is 0.611. The Hall–Kier alpha value is -1.42. The first kappa shape index (κ1) is 16.6. The van der Waals surface area contributed by atoms with Gasteiger partial charge in [0.1, 0.15) is 6.04 Å². The molecule has 1 atom stereocenters. The zero-order valence-electron chi connectivity index (χ0n) is 12.3. The van der Waals surface area contributed by atoms with Crippen molar-refractivity contribution in [3.8, 4) is 0 Å². The summed E-state index contributed by atoms with van der Waals surface area (Å²) in [7, 11) is 0. The van der Waals surface area contributed by atoms with Crippen LogP contribution < -0.4 is 5.32 Å². The summed E-state index contributed by atoms with van der Waals surface area (Å²) in [6, 6.07) is 5.65. The van der Waals surface area contributed by atoms with Gasteiger partial charge in [0.05, 0.1) is 0 Å². The summed E-state index contributed by atoms with van der Waals surface area (Å²) in [5.74, 6) is -0.747. The Balaban J connectivity index is 1.94. The molecule has 4 nitrogen and oxygen atoms in total.